The lowest BCUT2D eigenvalue weighted by molar-refractivity contribution is -0.131. The van der Waals surface area contributed by atoms with Gasteiger partial charge in [0.2, 0.25) is 11.9 Å². The van der Waals surface area contributed by atoms with Crippen LogP contribution in [-0.2, 0) is 4.79 Å². The van der Waals surface area contributed by atoms with Crippen molar-refractivity contribution >= 4 is 11.9 Å². The van der Waals surface area contributed by atoms with Crippen LogP contribution in [0.15, 0.2) is 42.7 Å². The Morgan fingerprint density at radius 2 is 1.91 bits per heavy atom. The summed E-state index contributed by atoms with van der Waals surface area (Å²) < 4.78 is 5.48. The molecule has 120 valence electrons. The maximum Gasteiger partial charge on any atom is 0.225 e. The third-order valence-corrected chi connectivity index (χ3v) is 4.12. The van der Waals surface area contributed by atoms with Gasteiger partial charge in [-0.15, -0.1) is 0 Å². The molecule has 2 heterocycles. The van der Waals surface area contributed by atoms with Gasteiger partial charge in [-0.3, -0.25) is 4.79 Å². The first-order chi connectivity index (χ1) is 11.2. The third-order valence-electron chi connectivity index (χ3n) is 4.12. The summed E-state index contributed by atoms with van der Waals surface area (Å²) in [6, 6.07) is 9.55. The minimum absolute atomic E-state index is 0.0644. The first kappa shape index (κ1) is 15.3. The lowest BCUT2D eigenvalue weighted by Gasteiger charge is -2.41. The van der Waals surface area contributed by atoms with Crippen LogP contribution in [0.1, 0.15) is 18.5 Å². The Morgan fingerprint density at radius 3 is 2.61 bits per heavy atom. The van der Waals surface area contributed by atoms with Crippen LogP contribution in [0.3, 0.4) is 0 Å². The monoisotopic (exact) mass is 312 g/mol. The van der Waals surface area contributed by atoms with Gasteiger partial charge in [-0.2, -0.15) is 0 Å². The molecule has 0 saturated carbocycles. The Balaban J connectivity index is 1.94. The zero-order chi connectivity index (χ0) is 16.2. The second-order valence-corrected chi connectivity index (χ2v) is 5.46. The van der Waals surface area contributed by atoms with Crippen molar-refractivity contribution in [2.45, 2.75) is 13.0 Å². The van der Waals surface area contributed by atoms with Gasteiger partial charge in [-0.1, -0.05) is 18.2 Å². The Hall–Kier alpha value is -2.63. The van der Waals surface area contributed by atoms with Crippen LogP contribution in [0.25, 0.3) is 0 Å². The summed E-state index contributed by atoms with van der Waals surface area (Å²) in [5.41, 5.74) is 1.01. The van der Waals surface area contributed by atoms with E-state index in [9.17, 15) is 4.79 Å². The summed E-state index contributed by atoms with van der Waals surface area (Å²) in [4.78, 5) is 24.7. The van der Waals surface area contributed by atoms with E-state index in [-0.39, 0.29) is 11.9 Å². The molecule has 0 radical (unpaired) electrons. The van der Waals surface area contributed by atoms with Crippen molar-refractivity contribution in [3.8, 4) is 5.75 Å². The van der Waals surface area contributed by atoms with Crippen LogP contribution in [0.5, 0.6) is 5.75 Å². The third kappa shape index (κ3) is 3.11. The number of nitrogens with zero attached hydrogens (tertiary/aromatic N) is 4. The molecule has 0 aliphatic carbocycles. The molecule has 0 N–H and O–H groups in total. The molecule has 0 spiro atoms. The van der Waals surface area contributed by atoms with Gasteiger partial charge in [-0.05, 0) is 12.1 Å². The molecule has 1 fully saturated rings. The van der Waals surface area contributed by atoms with E-state index in [0.717, 1.165) is 17.9 Å². The lowest BCUT2D eigenvalue weighted by atomic mass is 10.0. The largest absolute Gasteiger partial charge is 0.496 e. The van der Waals surface area contributed by atoms with Crippen molar-refractivity contribution in [1.82, 2.24) is 14.9 Å². The van der Waals surface area contributed by atoms with Crippen LogP contribution < -0.4 is 9.64 Å². The fourth-order valence-electron chi connectivity index (χ4n) is 3.00. The number of piperazine rings is 1. The second-order valence-electron chi connectivity index (χ2n) is 5.46. The number of hydrogen-bond acceptors (Lipinski definition) is 5. The molecule has 3 rings (SSSR count). The standard InChI is InChI=1S/C17H20N4O2/c1-13(22)21-11-10-20(17-18-8-5-9-19-17)12-15(21)14-6-3-4-7-16(14)23-2/h3-9,15H,10-12H2,1-2H3. The average Bonchev–Trinajstić information content (AvgIpc) is 2.61. The van der Waals surface area contributed by atoms with Crippen molar-refractivity contribution in [2.24, 2.45) is 0 Å². The summed E-state index contributed by atoms with van der Waals surface area (Å²) >= 11 is 0. The SMILES string of the molecule is COc1ccccc1C1CN(c2ncccn2)CCN1C(C)=O. The molecular formula is C17H20N4O2. The Bertz CT molecular complexity index is 677. The molecular weight excluding hydrogens is 292 g/mol. The molecule has 1 saturated heterocycles. The number of benzene rings is 1. The first-order valence-electron chi connectivity index (χ1n) is 7.63. The molecule has 0 bridgehead atoms. The quantitative estimate of drug-likeness (QED) is 0.866. The summed E-state index contributed by atoms with van der Waals surface area (Å²) in [7, 11) is 1.65. The molecule has 1 amide bonds. The van der Waals surface area contributed by atoms with Crippen molar-refractivity contribution in [3.63, 3.8) is 0 Å². The predicted octanol–water partition coefficient (Wildman–Crippen LogP) is 1.89. The minimum Gasteiger partial charge on any atom is -0.496 e. The zero-order valence-corrected chi connectivity index (χ0v) is 13.3. The summed E-state index contributed by atoms with van der Waals surface area (Å²) in [6.45, 7) is 3.60. The van der Waals surface area contributed by atoms with E-state index in [4.69, 9.17) is 4.74 Å². The van der Waals surface area contributed by atoms with E-state index in [0.29, 0.717) is 19.0 Å². The van der Waals surface area contributed by atoms with E-state index >= 15 is 0 Å². The summed E-state index contributed by atoms with van der Waals surface area (Å²) in [5, 5.41) is 0. The zero-order valence-electron chi connectivity index (χ0n) is 13.3. The molecule has 2 aromatic rings. The number of para-hydroxylation sites is 1. The van der Waals surface area contributed by atoms with Crippen LogP contribution in [0.4, 0.5) is 5.95 Å². The van der Waals surface area contributed by atoms with Crippen LogP contribution in [-0.4, -0.2) is 47.5 Å². The maximum absolute atomic E-state index is 12.1. The topological polar surface area (TPSA) is 58.6 Å². The number of aromatic nitrogens is 2. The van der Waals surface area contributed by atoms with Crippen molar-refractivity contribution in [2.75, 3.05) is 31.6 Å². The predicted molar refractivity (Wildman–Crippen MR) is 87.4 cm³/mol. The number of rotatable bonds is 3. The molecule has 23 heavy (non-hydrogen) atoms. The van der Waals surface area contributed by atoms with E-state index in [2.05, 4.69) is 14.9 Å². The number of amides is 1. The van der Waals surface area contributed by atoms with E-state index < -0.39 is 0 Å². The highest BCUT2D eigenvalue weighted by atomic mass is 16.5. The normalized spacial score (nSPS) is 17.9. The van der Waals surface area contributed by atoms with Crippen LogP contribution in [0, 0.1) is 0 Å². The highest BCUT2D eigenvalue weighted by molar-refractivity contribution is 5.74. The van der Waals surface area contributed by atoms with Gasteiger partial charge >= 0.3 is 0 Å². The molecule has 6 heteroatoms. The molecule has 1 unspecified atom stereocenters. The molecule has 6 nitrogen and oxygen atoms in total. The Kier molecular flexibility index (Phi) is 4.41. The van der Waals surface area contributed by atoms with Crippen LogP contribution >= 0.6 is 0 Å². The highest BCUT2D eigenvalue weighted by Gasteiger charge is 2.32. The minimum atomic E-state index is -0.0822. The fourth-order valence-corrected chi connectivity index (χ4v) is 3.00. The number of carbonyl (C=O) groups excluding carboxylic acids is 1. The Morgan fingerprint density at radius 1 is 1.17 bits per heavy atom. The van der Waals surface area contributed by atoms with E-state index in [1.807, 2.05) is 29.2 Å². The van der Waals surface area contributed by atoms with Gasteiger partial charge in [0, 0.05) is 44.5 Å². The molecule has 1 aromatic heterocycles. The van der Waals surface area contributed by atoms with Crippen molar-refractivity contribution in [3.05, 3.63) is 48.3 Å². The molecule has 1 aromatic carbocycles. The van der Waals surface area contributed by atoms with Crippen molar-refractivity contribution < 1.29 is 9.53 Å². The van der Waals surface area contributed by atoms with Gasteiger partial charge in [0.05, 0.1) is 13.2 Å². The number of hydrogen-bond donors (Lipinski definition) is 0. The van der Waals surface area contributed by atoms with Gasteiger partial charge in [0.15, 0.2) is 0 Å². The number of anilines is 1. The van der Waals surface area contributed by atoms with Gasteiger partial charge < -0.3 is 14.5 Å². The molecule has 1 aliphatic heterocycles. The van der Waals surface area contributed by atoms with E-state index in [1.54, 1.807) is 32.5 Å². The summed E-state index contributed by atoms with van der Waals surface area (Å²) in [5.74, 6) is 1.55. The maximum atomic E-state index is 12.1. The second kappa shape index (κ2) is 6.64. The van der Waals surface area contributed by atoms with Crippen molar-refractivity contribution in [1.29, 1.82) is 0 Å². The Labute approximate surface area is 135 Å². The summed E-state index contributed by atoms with van der Waals surface area (Å²) in [6.07, 6.45) is 3.47. The molecule has 1 atom stereocenters. The average molecular weight is 312 g/mol. The van der Waals surface area contributed by atoms with Gasteiger partial charge in [0.1, 0.15) is 5.75 Å². The van der Waals surface area contributed by atoms with Crippen LogP contribution in [0.2, 0.25) is 0 Å². The molecule has 1 aliphatic rings. The first-order valence-corrected chi connectivity index (χ1v) is 7.63. The number of carbonyl (C=O) groups is 1. The fraction of sp³-hybridized carbons (Fsp3) is 0.353. The number of ether oxygens (including phenoxy) is 1. The van der Waals surface area contributed by atoms with E-state index in [1.165, 1.54) is 0 Å². The number of methoxy groups -OCH3 is 1. The van der Waals surface area contributed by atoms with Gasteiger partial charge in [-0.25, -0.2) is 9.97 Å². The highest BCUT2D eigenvalue weighted by Crippen LogP contribution is 2.32. The van der Waals surface area contributed by atoms with Gasteiger partial charge in [0.25, 0.3) is 0 Å². The smallest absolute Gasteiger partial charge is 0.225 e. The lowest BCUT2D eigenvalue weighted by Crippen LogP contribution is -2.50.